The normalized spacial score (nSPS) is 35.6. The predicted octanol–water partition coefficient (Wildman–Crippen LogP) is 3.17. The van der Waals surface area contributed by atoms with Crippen molar-refractivity contribution in [2.24, 2.45) is 5.92 Å². The van der Waals surface area contributed by atoms with E-state index in [1.807, 2.05) is 18.9 Å². The highest BCUT2D eigenvalue weighted by Gasteiger charge is 2.27. The summed E-state index contributed by atoms with van der Waals surface area (Å²) in [4.78, 5) is 1.61. The molecule has 1 heterocycles. The van der Waals surface area contributed by atoms with Crippen molar-refractivity contribution in [3.63, 3.8) is 0 Å². The first kappa shape index (κ1) is 8.64. The summed E-state index contributed by atoms with van der Waals surface area (Å²) in [6.45, 7) is 0. The Morgan fingerprint density at radius 3 is 3.17 bits per heavy atom. The average molecular weight is 184 g/mol. The molecule has 1 aliphatic heterocycles. The lowest BCUT2D eigenvalue weighted by Crippen LogP contribution is -2.19. The second-order valence-corrected chi connectivity index (χ2v) is 4.83. The second-order valence-electron chi connectivity index (χ2n) is 3.59. The van der Waals surface area contributed by atoms with Crippen LogP contribution in [0, 0.1) is 5.92 Å². The third-order valence-electron chi connectivity index (χ3n) is 2.79. The van der Waals surface area contributed by atoms with E-state index in [9.17, 15) is 0 Å². The van der Waals surface area contributed by atoms with Crippen LogP contribution in [0.15, 0.2) is 11.0 Å². The van der Waals surface area contributed by atoms with Gasteiger partial charge in [0.15, 0.2) is 0 Å². The third-order valence-corrected chi connectivity index (χ3v) is 4.25. The summed E-state index contributed by atoms with van der Waals surface area (Å²) in [5, 5.41) is 0. The molecule has 2 unspecified atom stereocenters. The van der Waals surface area contributed by atoms with Gasteiger partial charge in [-0.15, -0.1) is 0 Å². The number of hydrogen-bond acceptors (Lipinski definition) is 2. The fourth-order valence-corrected chi connectivity index (χ4v) is 3.36. The van der Waals surface area contributed by atoms with Crippen LogP contribution in [0.4, 0.5) is 0 Å². The molecule has 0 aromatic rings. The molecule has 0 aromatic heterocycles. The summed E-state index contributed by atoms with van der Waals surface area (Å²) in [6.07, 6.45) is 9.10. The van der Waals surface area contributed by atoms with Crippen LogP contribution < -0.4 is 0 Å². The van der Waals surface area contributed by atoms with E-state index in [-0.39, 0.29) is 0 Å². The molecule has 0 N–H and O–H groups in total. The third kappa shape index (κ3) is 1.69. The predicted molar refractivity (Wildman–Crippen MR) is 53.0 cm³/mol. The number of methoxy groups -OCH3 is 1. The van der Waals surface area contributed by atoms with Crippen molar-refractivity contribution in [3.8, 4) is 0 Å². The van der Waals surface area contributed by atoms with Crippen molar-refractivity contribution < 1.29 is 4.74 Å². The molecule has 1 nitrogen and oxygen atoms in total. The van der Waals surface area contributed by atoms with Gasteiger partial charge in [-0.05, 0) is 42.9 Å². The standard InChI is InChI=1S/C10H16OS/c1-11-10-7-6-8-4-2-3-5-9(8)12-10/h5,8,10H,2-4,6-7H2,1H3. The molecule has 2 rings (SSSR count). The molecule has 2 heteroatoms. The fraction of sp³-hybridized carbons (Fsp3) is 0.800. The van der Waals surface area contributed by atoms with Gasteiger partial charge in [0.05, 0.1) is 0 Å². The van der Waals surface area contributed by atoms with Crippen molar-refractivity contribution in [2.45, 2.75) is 37.5 Å². The molecule has 0 bridgehead atoms. The van der Waals surface area contributed by atoms with Gasteiger partial charge < -0.3 is 4.74 Å². The molecule has 0 amide bonds. The smallest absolute Gasteiger partial charge is 0.107 e. The highest BCUT2D eigenvalue weighted by Crippen LogP contribution is 2.44. The van der Waals surface area contributed by atoms with Crippen molar-refractivity contribution in [2.75, 3.05) is 7.11 Å². The molecule has 2 atom stereocenters. The zero-order valence-electron chi connectivity index (χ0n) is 7.58. The number of allylic oxidation sites excluding steroid dienone is 2. The molecular formula is C10H16OS. The molecule has 0 saturated carbocycles. The summed E-state index contributed by atoms with van der Waals surface area (Å²) in [7, 11) is 1.82. The Balaban J connectivity index is 2.01. The van der Waals surface area contributed by atoms with Gasteiger partial charge in [0.25, 0.3) is 0 Å². The van der Waals surface area contributed by atoms with Crippen LogP contribution in [0.5, 0.6) is 0 Å². The fourth-order valence-electron chi connectivity index (χ4n) is 2.06. The Morgan fingerprint density at radius 2 is 2.33 bits per heavy atom. The van der Waals surface area contributed by atoms with E-state index < -0.39 is 0 Å². The zero-order valence-corrected chi connectivity index (χ0v) is 8.40. The van der Waals surface area contributed by atoms with E-state index in [0.717, 1.165) is 5.92 Å². The number of fused-ring (bicyclic) bond motifs is 1. The lowest BCUT2D eigenvalue weighted by molar-refractivity contribution is 0.155. The van der Waals surface area contributed by atoms with Crippen LogP contribution in [0.1, 0.15) is 32.1 Å². The highest BCUT2D eigenvalue weighted by atomic mass is 32.2. The average Bonchev–Trinajstić information content (AvgIpc) is 2.17. The van der Waals surface area contributed by atoms with Gasteiger partial charge in [0.1, 0.15) is 5.44 Å². The molecule has 68 valence electrons. The largest absolute Gasteiger partial charge is 0.370 e. The van der Waals surface area contributed by atoms with E-state index >= 15 is 0 Å². The Labute approximate surface area is 78.6 Å². The lowest BCUT2D eigenvalue weighted by atomic mass is 9.91. The molecule has 1 saturated heterocycles. The quantitative estimate of drug-likeness (QED) is 0.619. The van der Waals surface area contributed by atoms with E-state index in [1.165, 1.54) is 32.1 Å². The summed E-state index contributed by atoms with van der Waals surface area (Å²) >= 11 is 1.95. The summed E-state index contributed by atoms with van der Waals surface area (Å²) in [6, 6.07) is 0. The van der Waals surface area contributed by atoms with Crippen molar-refractivity contribution >= 4 is 11.8 Å². The van der Waals surface area contributed by atoms with Gasteiger partial charge in [-0.3, -0.25) is 0 Å². The van der Waals surface area contributed by atoms with Crippen molar-refractivity contribution in [1.29, 1.82) is 0 Å². The number of thioether (sulfide) groups is 1. The summed E-state index contributed by atoms with van der Waals surface area (Å²) in [5.74, 6) is 0.884. The summed E-state index contributed by atoms with van der Waals surface area (Å²) < 4.78 is 5.36. The Hall–Kier alpha value is 0.0500. The van der Waals surface area contributed by atoms with Crippen LogP contribution in [-0.2, 0) is 4.74 Å². The maximum Gasteiger partial charge on any atom is 0.107 e. The SMILES string of the molecule is COC1CCC2CCCC=C2S1. The number of rotatable bonds is 1. The van der Waals surface area contributed by atoms with Crippen LogP contribution >= 0.6 is 11.8 Å². The van der Waals surface area contributed by atoms with E-state index in [0.29, 0.717) is 5.44 Å². The van der Waals surface area contributed by atoms with E-state index in [4.69, 9.17) is 4.74 Å². The summed E-state index contributed by atoms with van der Waals surface area (Å²) in [5.41, 5.74) is 0.436. The van der Waals surface area contributed by atoms with Crippen LogP contribution in [0.3, 0.4) is 0 Å². The van der Waals surface area contributed by atoms with Gasteiger partial charge >= 0.3 is 0 Å². The van der Waals surface area contributed by atoms with Gasteiger partial charge in [-0.25, -0.2) is 0 Å². The Kier molecular flexibility index (Phi) is 2.76. The first-order chi connectivity index (χ1) is 5.90. The number of ether oxygens (including phenoxy) is 1. The Morgan fingerprint density at radius 1 is 1.42 bits per heavy atom. The van der Waals surface area contributed by atoms with Gasteiger partial charge in [-0.1, -0.05) is 17.8 Å². The first-order valence-electron chi connectivity index (χ1n) is 4.79. The van der Waals surface area contributed by atoms with Crippen molar-refractivity contribution in [1.82, 2.24) is 0 Å². The monoisotopic (exact) mass is 184 g/mol. The van der Waals surface area contributed by atoms with Gasteiger partial charge in [0.2, 0.25) is 0 Å². The van der Waals surface area contributed by atoms with Crippen LogP contribution in [0.2, 0.25) is 0 Å². The maximum absolute atomic E-state index is 5.36. The molecule has 1 fully saturated rings. The molecule has 0 aromatic carbocycles. The zero-order chi connectivity index (χ0) is 8.39. The highest BCUT2D eigenvalue weighted by molar-refractivity contribution is 8.03. The van der Waals surface area contributed by atoms with Crippen molar-refractivity contribution in [3.05, 3.63) is 11.0 Å². The van der Waals surface area contributed by atoms with E-state index in [2.05, 4.69) is 6.08 Å². The minimum absolute atomic E-state index is 0.436. The molecule has 12 heavy (non-hydrogen) atoms. The Bertz CT molecular complexity index is 188. The molecular weight excluding hydrogens is 168 g/mol. The topological polar surface area (TPSA) is 9.23 Å². The first-order valence-corrected chi connectivity index (χ1v) is 5.67. The minimum Gasteiger partial charge on any atom is -0.370 e. The number of hydrogen-bond donors (Lipinski definition) is 0. The molecule has 1 aliphatic carbocycles. The molecule has 2 aliphatic rings. The lowest BCUT2D eigenvalue weighted by Gasteiger charge is -2.32. The van der Waals surface area contributed by atoms with Crippen LogP contribution in [0.25, 0.3) is 0 Å². The van der Waals surface area contributed by atoms with Crippen LogP contribution in [-0.4, -0.2) is 12.5 Å². The van der Waals surface area contributed by atoms with Gasteiger partial charge in [-0.2, -0.15) is 0 Å². The maximum atomic E-state index is 5.36. The molecule has 0 radical (unpaired) electrons. The molecule has 0 spiro atoms. The minimum atomic E-state index is 0.436. The van der Waals surface area contributed by atoms with Gasteiger partial charge in [0, 0.05) is 7.11 Å². The van der Waals surface area contributed by atoms with E-state index in [1.54, 1.807) is 4.91 Å². The second kappa shape index (κ2) is 3.84.